The molecule has 0 aliphatic carbocycles. The highest BCUT2D eigenvalue weighted by Crippen LogP contribution is 2.08. The van der Waals surface area contributed by atoms with E-state index < -0.39 is 0 Å². The second kappa shape index (κ2) is 56.5. The Kier molecular flexibility index (Phi) is 69.0. The van der Waals surface area contributed by atoms with Gasteiger partial charge in [0.2, 0.25) is 0 Å². The third-order valence-corrected chi connectivity index (χ3v) is 6.75. The monoisotopic (exact) mass is 613 g/mol. The minimum Gasteiger partial charge on any atom is -0.412 e. The second-order valence-corrected chi connectivity index (χ2v) is 11.1. The van der Waals surface area contributed by atoms with Crippen LogP contribution in [0.4, 0.5) is 0 Å². The molecule has 0 radical (unpaired) electrons. The molecule has 0 saturated heterocycles. The number of nitrogens with zero attached hydrogens (tertiary/aromatic N) is 1. The molecule has 0 bridgehead atoms. The molecular formula is C35H84N2O5. The zero-order chi connectivity index (χ0) is 31.5. The summed E-state index contributed by atoms with van der Waals surface area (Å²) in [6.07, 6.45) is 31.4. The molecule has 6 N–H and O–H groups in total. The van der Waals surface area contributed by atoms with E-state index in [1.165, 1.54) is 135 Å². The fourth-order valence-electron chi connectivity index (χ4n) is 4.16. The summed E-state index contributed by atoms with van der Waals surface area (Å²) in [6.45, 7) is 15.6. The summed E-state index contributed by atoms with van der Waals surface area (Å²) in [5.41, 5.74) is 2.19. The minimum absolute atomic E-state index is 0. The minimum atomic E-state index is 0. The van der Waals surface area contributed by atoms with Crippen molar-refractivity contribution in [3.8, 4) is 0 Å². The quantitative estimate of drug-likeness (QED) is 0.0397. The van der Waals surface area contributed by atoms with Gasteiger partial charge in [0.15, 0.2) is 0 Å². The molecule has 0 heterocycles. The average Bonchev–Trinajstić information content (AvgIpc) is 2.97. The maximum absolute atomic E-state index is 8.81. The van der Waals surface area contributed by atoms with Crippen LogP contribution in [-0.4, -0.2) is 59.0 Å². The molecule has 0 fully saturated rings. The Morgan fingerprint density at radius 3 is 1.14 bits per heavy atom. The summed E-state index contributed by atoms with van der Waals surface area (Å²) in [5, 5.41) is 26.6. The van der Waals surface area contributed by atoms with Crippen LogP contribution in [0.1, 0.15) is 197 Å². The fourth-order valence-corrected chi connectivity index (χ4v) is 4.16. The Morgan fingerprint density at radius 2 is 0.810 bits per heavy atom. The lowest BCUT2D eigenvalue weighted by Gasteiger charge is -2.20. The largest absolute Gasteiger partial charge is 0.412 e. The summed E-state index contributed by atoms with van der Waals surface area (Å²) in [6, 6.07) is 0. The molecular weight excluding hydrogens is 528 g/mol. The molecule has 0 atom stereocenters. The van der Waals surface area contributed by atoms with Crippen LogP contribution in [0.25, 0.3) is 0 Å². The number of aliphatic hydroxyl groups excluding tert-OH is 2. The highest BCUT2D eigenvalue weighted by Gasteiger charge is 2.04. The smallest absolute Gasteiger partial charge is 0.0966 e. The van der Waals surface area contributed by atoms with E-state index in [9.17, 15) is 0 Å². The highest BCUT2D eigenvalue weighted by molar-refractivity contribution is 4.48. The van der Waals surface area contributed by atoms with Gasteiger partial charge in [-0.1, -0.05) is 169 Å². The Hall–Kier alpha value is -0.280. The molecule has 0 aromatic rings. The van der Waals surface area contributed by atoms with Gasteiger partial charge in [-0.3, -0.25) is 4.84 Å². The van der Waals surface area contributed by atoms with Crippen molar-refractivity contribution in [1.29, 1.82) is 0 Å². The van der Waals surface area contributed by atoms with E-state index in [-0.39, 0.29) is 13.5 Å². The highest BCUT2D eigenvalue weighted by atomic mass is 16.7. The Balaban J connectivity index is -0.000000125. The van der Waals surface area contributed by atoms with Crippen molar-refractivity contribution in [2.24, 2.45) is 0 Å². The Labute approximate surface area is 266 Å². The van der Waals surface area contributed by atoms with Crippen molar-refractivity contribution in [1.82, 2.24) is 10.5 Å². The molecule has 0 rings (SSSR count). The number of hydroxylamine groups is 3. The average molecular weight is 613 g/mol. The lowest BCUT2D eigenvalue weighted by atomic mass is 10.1. The first-order valence-electron chi connectivity index (χ1n) is 18.1. The van der Waals surface area contributed by atoms with E-state index in [0.717, 1.165) is 32.4 Å². The molecule has 0 spiro atoms. The Morgan fingerprint density at radius 1 is 0.500 bits per heavy atom. The van der Waals surface area contributed by atoms with Crippen LogP contribution in [-0.2, 0) is 4.84 Å². The summed E-state index contributed by atoms with van der Waals surface area (Å²) in [7, 11) is 0. The van der Waals surface area contributed by atoms with Crippen LogP contribution < -0.4 is 5.48 Å². The number of nitrogens with one attached hydrogen (secondary N) is 1. The predicted octanol–water partition coefficient (Wildman–Crippen LogP) is 10.0. The topological polar surface area (TPSA) is 117 Å². The third-order valence-electron chi connectivity index (χ3n) is 6.75. The molecule has 0 saturated carbocycles. The SMILES string of the molecule is CCCCCCCCC.CCCCCCCCO.CCCCCCCCON(CCCCCCC)CNO.CCO.O.[HH]. The van der Waals surface area contributed by atoms with Crippen molar-refractivity contribution in [2.75, 3.05) is 33.0 Å². The van der Waals surface area contributed by atoms with Crippen LogP contribution >= 0.6 is 0 Å². The molecule has 0 amide bonds. The second-order valence-electron chi connectivity index (χ2n) is 11.1. The molecule has 0 aliphatic rings. The summed E-state index contributed by atoms with van der Waals surface area (Å²) in [4.78, 5) is 5.71. The third kappa shape index (κ3) is 63.1. The zero-order valence-electron chi connectivity index (χ0n) is 29.7. The number of hydrogen-bond acceptors (Lipinski definition) is 6. The van der Waals surface area contributed by atoms with Gasteiger partial charge >= 0.3 is 0 Å². The van der Waals surface area contributed by atoms with Crippen LogP contribution in [0.15, 0.2) is 0 Å². The molecule has 0 aromatic carbocycles. The summed E-state index contributed by atoms with van der Waals surface area (Å²) < 4.78 is 0. The zero-order valence-corrected chi connectivity index (χ0v) is 29.7. The van der Waals surface area contributed by atoms with E-state index in [4.69, 9.17) is 20.3 Å². The lowest BCUT2D eigenvalue weighted by molar-refractivity contribution is -0.178. The lowest BCUT2D eigenvalue weighted by Crippen LogP contribution is -2.34. The van der Waals surface area contributed by atoms with Crippen LogP contribution in [0.3, 0.4) is 0 Å². The molecule has 42 heavy (non-hydrogen) atoms. The Bertz CT molecular complexity index is 360. The van der Waals surface area contributed by atoms with Gasteiger partial charge in [-0.25, -0.2) is 0 Å². The van der Waals surface area contributed by atoms with Crippen LogP contribution in [0.2, 0.25) is 0 Å². The number of unbranched alkanes of at least 4 members (excludes halogenated alkanes) is 20. The number of aliphatic hydroxyl groups is 2. The predicted molar refractivity (Wildman–Crippen MR) is 187 cm³/mol. The molecule has 0 unspecified atom stereocenters. The van der Waals surface area contributed by atoms with Crippen molar-refractivity contribution < 1.29 is 27.2 Å². The maximum Gasteiger partial charge on any atom is 0.0966 e. The molecule has 7 nitrogen and oxygen atoms in total. The summed E-state index contributed by atoms with van der Waals surface area (Å²) in [5.74, 6) is 0. The van der Waals surface area contributed by atoms with Crippen molar-refractivity contribution >= 4 is 0 Å². The van der Waals surface area contributed by atoms with E-state index in [2.05, 4.69) is 40.1 Å². The van der Waals surface area contributed by atoms with Crippen LogP contribution in [0, 0.1) is 0 Å². The van der Waals surface area contributed by atoms with Gasteiger partial charge in [-0.05, 0) is 26.2 Å². The van der Waals surface area contributed by atoms with Gasteiger partial charge < -0.3 is 20.9 Å². The van der Waals surface area contributed by atoms with Gasteiger partial charge in [-0.15, -0.1) is 0 Å². The van der Waals surface area contributed by atoms with E-state index in [1.807, 2.05) is 5.06 Å². The number of rotatable bonds is 28. The van der Waals surface area contributed by atoms with E-state index >= 15 is 0 Å². The van der Waals surface area contributed by atoms with Gasteiger partial charge in [0.1, 0.15) is 0 Å². The van der Waals surface area contributed by atoms with Crippen molar-refractivity contribution in [3.05, 3.63) is 0 Å². The van der Waals surface area contributed by atoms with E-state index in [0.29, 0.717) is 13.3 Å². The molecule has 0 aliphatic heterocycles. The van der Waals surface area contributed by atoms with E-state index in [1.54, 1.807) is 6.92 Å². The number of hydrogen-bond donors (Lipinski definition) is 4. The van der Waals surface area contributed by atoms with Gasteiger partial charge in [-0.2, -0.15) is 10.5 Å². The standard InChI is InChI=1S/C16H36N2O2.C9H20.C8H18O.C2H6O.H2O.H2/c1-3-5-7-9-11-13-15-20-18(16-17-19)14-12-10-8-6-4-2;1-3-5-7-9-8-6-4-2;1-2-3-4-5-6-7-8-9;1-2-3;;/h17,19H,3-16H2,1-2H3;3-9H2,1-2H3;9H,2-8H2,1H3;3H,2H2,1H3;1H2;1H. The molecule has 264 valence electrons. The van der Waals surface area contributed by atoms with Crippen LogP contribution in [0.5, 0.6) is 0 Å². The van der Waals surface area contributed by atoms with Gasteiger partial charge in [0.05, 0.1) is 13.3 Å². The maximum atomic E-state index is 8.81. The first kappa shape index (κ1) is 51.3. The van der Waals surface area contributed by atoms with Crippen molar-refractivity contribution in [2.45, 2.75) is 196 Å². The normalized spacial score (nSPS) is 10.1. The first-order valence-corrected chi connectivity index (χ1v) is 18.1. The first-order chi connectivity index (χ1) is 20.1. The van der Waals surface area contributed by atoms with Gasteiger partial charge in [0, 0.05) is 21.2 Å². The fraction of sp³-hybridized carbons (Fsp3) is 1.00. The molecule has 7 heteroatoms. The van der Waals surface area contributed by atoms with Crippen molar-refractivity contribution in [3.63, 3.8) is 0 Å². The molecule has 0 aromatic heterocycles. The summed E-state index contributed by atoms with van der Waals surface area (Å²) >= 11 is 0. The van der Waals surface area contributed by atoms with Gasteiger partial charge in [0.25, 0.3) is 0 Å².